The molecule has 0 unspecified atom stereocenters. The molecule has 0 aliphatic rings. The highest BCUT2D eigenvalue weighted by Crippen LogP contribution is 2.09. The van der Waals surface area contributed by atoms with Crippen LogP contribution in [0.15, 0.2) is 18.6 Å². The number of aromatic nitrogens is 4. The Bertz CT molecular complexity index is 524. The van der Waals surface area contributed by atoms with Crippen molar-refractivity contribution < 1.29 is 4.79 Å². The monoisotopic (exact) mass is 237 g/mol. The minimum atomic E-state index is -0.303. The van der Waals surface area contributed by atoms with Crippen molar-refractivity contribution in [2.24, 2.45) is 0 Å². The van der Waals surface area contributed by atoms with Gasteiger partial charge in [0.2, 0.25) is 0 Å². The number of rotatable bonds is 2. The summed E-state index contributed by atoms with van der Waals surface area (Å²) in [4.78, 5) is 19.4. The molecule has 0 aliphatic carbocycles. The van der Waals surface area contributed by atoms with Gasteiger partial charge in [0.05, 0.1) is 24.2 Å². The van der Waals surface area contributed by atoms with Gasteiger partial charge in [0, 0.05) is 5.69 Å². The molecular weight excluding hydrogens is 230 g/mol. The van der Waals surface area contributed by atoms with E-state index in [-0.39, 0.29) is 11.1 Å². The SMILES string of the molecule is Cc1[nH]ncc1C(=O)Nc1cncc(Cl)n1. The van der Waals surface area contributed by atoms with Gasteiger partial charge in [0.25, 0.3) is 5.91 Å². The van der Waals surface area contributed by atoms with E-state index in [2.05, 4.69) is 25.5 Å². The molecule has 7 heteroatoms. The number of halogens is 1. The van der Waals surface area contributed by atoms with Gasteiger partial charge in [-0.15, -0.1) is 0 Å². The fourth-order valence-corrected chi connectivity index (χ4v) is 1.31. The van der Waals surface area contributed by atoms with Crippen LogP contribution in [0.2, 0.25) is 5.15 Å². The van der Waals surface area contributed by atoms with E-state index in [0.717, 1.165) is 0 Å². The van der Waals surface area contributed by atoms with Gasteiger partial charge < -0.3 is 5.32 Å². The van der Waals surface area contributed by atoms with Crippen LogP contribution in [-0.4, -0.2) is 26.1 Å². The van der Waals surface area contributed by atoms with Crippen LogP contribution in [0.4, 0.5) is 5.82 Å². The van der Waals surface area contributed by atoms with E-state index in [4.69, 9.17) is 11.6 Å². The number of carbonyl (C=O) groups is 1. The molecule has 0 bridgehead atoms. The quantitative estimate of drug-likeness (QED) is 0.827. The van der Waals surface area contributed by atoms with Gasteiger partial charge in [0.1, 0.15) is 5.15 Å². The van der Waals surface area contributed by atoms with Crippen molar-refractivity contribution in [2.45, 2.75) is 6.92 Å². The average Bonchev–Trinajstić information content (AvgIpc) is 2.64. The zero-order valence-corrected chi connectivity index (χ0v) is 9.12. The number of anilines is 1. The van der Waals surface area contributed by atoms with E-state index in [1.54, 1.807) is 6.92 Å². The largest absolute Gasteiger partial charge is 0.305 e. The van der Waals surface area contributed by atoms with E-state index in [1.165, 1.54) is 18.6 Å². The molecule has 82 valence electrons. The normalized spacial score (nSPS) is 10.1. The Morgan fingerprint density at radius 3 is 2.88 bits per heavy atom. The first-order valence-corrected chi connectivity index (χ1v) is 4.83. The molecule has 2 aromatic heterocycles. The van der Waals surface area contributed by atoms with Crippen LogP contribution in [0.1, 0.15) is 16.1 Å². The van der Waals surface area contributed by atoms with Crippen molar-refractivity contribution in [1.29, 1.82) is 0 Å². The third-order valence-corrected chi connectivity index (χ3v) is 2.10. The number of hydrogen-bond acceptors (Lipinski definition) is 4. The minimum Gasteiger partial charge on any atom is -0.305 e. The predicted molar refractivity (Wildman–Crippen MR) is 58.3 cm³/mol. The molecule has 0 aromatic carbocycles. The average molecular weight is 238 g/mol. The summed E-state index contributed by atoms with van der Waals surface area (Å²) in [6.45, 7) is 1.76. The number of aryl methyl sites for hydroxylation is 1. The van der Waals surface area contributed by atoms with Crippen molar-refractivity contribution in [3.63, 3.8) is 0 Å². The highest BCUT2D eigenvalue weighted by atomic mass is 35.5. The van der Waals surface area contributed by atoms with Crippen LogP contribution in [0.5, 0.6) is 0 Å². The second kappa shape index (κ2) is 4.28. The zero-order chi connectivity index (χ0) is 11.5. The Kier molecular flexibility index (Phi) is 2.82. The molecule has 0 atom stereocenters. The number of nitrogens with zero attached hydrogens (tertiary/aromatic N) is 3. The maximum atomic E-state index is 11.7. The predicted octanol–water partition coefficient (Wildman–Crippen LogP) is 1.41. The fourth-order valence-electron chi connectivity index (χ4n) is 1.17. The van der Waals surface area contributed by atoms with Crippen molar-refractivity contribution in [1.82, 2.24) is 20.2 Å². The van der Waals surface area contributed by atoms with Crippen LogP contribution < -0.4 is 5.32 Å². The molecule has 2 aromatic rings. The summed E-state index contributed by atoms with van der Waals surface area (Å²) in [5.74, 6) is 0.000849. The number of H-pyrrole nitrogens is 1. The Balaban J connectivity index is 2.17. The van der Waals surface area contributed by atoms with Crippen LogP contribution in [0.3, 0.4) is 0 Å². The summed E-state index contributed by atoms with van der Waals surface area (Å²) >= 11 is 5.64. The highest BCUT2D eigenvalue weighted by Gasteiger charge is 2.11. The second-order valence-electron chi connectivity index (χ2n) is 3.09. The minimum absolute atomic E-state index is 0.224. The molecule has 2 heterocycles. The van der Waals surface area contributed by atoms with E-state index >= 15 is 0 Å². The van der Waals surface area contributed by atoms with Gasteiger partial charge in [-0.25, -0.2) is 4.98 Å². The van der Waals surface area contributed by atoms with E-state index < -0.39 is 0 Å². The molecule has 6 nitrogen and oxygen atoms in total. The van der Waals surface area contributed by atoms with Gasteiger partial charge in [-0.05, 0) is 6.92 Å². The number of nitrogens with one attached hydrogen (secondary N) is 2. The van der Waals surface area contributed by atoms with Crippen LogP contribution >= 0.6 is 11.6 Å². The van der Waals surface area contributed by atoms with Crippen LogP contribution in [0.25, 0.3) is 0 Å². The smallest absolute Gasteiger partial charge is 0.260 e. The lowest BCUT2D eigenvalue weighted by molar-refractivity contribution is 0.102. The third-order valence-electron chi connectivity index (χ3n) is 1.92. The Morgan fingerprint density at radius 2 is 2.25 bits per heavy atom. The van der Waals surface area contributed by atoms with Gasteiger partial charge in [-0.2, -0.15) is 5.10 Å². The Hall–Kier alpha value is -1.95. The number of amides is 1. The summed E-state index contributed by atoms with van der Waals surface area (Å²) in [5, 5.41) is 9.22. The van der Waals surface area contributed by atoms with E-state index in [9.17, 15) is 4.79 Å². The van der Waals surface area contributed by atoms with Crippen molar-refractivity contribution in [3.05, 3.63) is 35.0 Å². The van der Waals surface area contributed by atoms with Crippen molar-refractivity contribution >= 4 is 23.3 Å². The van der Waals surface area contributed by atoms with E-state index in [1.807, 2.05) is 0 Å². The standard InChI is InChI=1S/C9H8ClN5O/c1-5-6(2-12-15-5)9(16)14-8-4-11-3-7(10)13-8/h2-4H,1H3,(H,12,15)(H,13,14,16). The summed E-state index contributed by atoms with van der Waals surface area (Å²) < 4.78 is 0. The number of aromatic amines is 1. The molecule has 0 aliphatic heterocycles. The van der Waals surface area contributed by atoms with Crippen molar-refractivity contribution in [3.8, 4) is 0 Å². The number of hydrogen-bond donors (Lipinski definition) is 2. The van der Waals surface area contributed by atoms with Crippen molar-refractivity contribution in [2.75, 3.05) is 5.32 Å². The molecule has 0 fully saturated rings. The van der Waals surface area contributed by atoms with Crippen LogP contribution in [0, 0.1) is 6.92 Å². The highest BCUT2D eigenvalue weighted by molar-refractivity contribution is 6.29. The summed E-state index contributed by atoms with van der Waals surface area (Å²) in [7, 11) is 0. The number of carbonyl (C=O) groups excluding carboxylic acids is 1. The van der Waals surface area contributed by atoms with Crippen LogP contribution in [-0.2, 0) is 0 Å². The first kappa shape index (κ1) is 10.6. The molecule has 2 rings (SSSR count). The molecular formula is C9H8ClN5O. The maximum absolute atomic E-state index is 11.7. The lowest BCUT2D eigenvalue weighted by Gasteiger charge is -2.02. The van der Waals surface area contributed by atoms with Gasteiger partial charge in [0.15, 0.2) is 5.82 Å². The van der Waals surface area contributed by atoms with Gasteiger partial charge in [-0.3, -0.25) is 14.9 Å². The Morgan fingerprint density at radius 1 is 1.44 bits per heavy atom. The molecule has 0 saturated carbocycles. The van der Waals surface area contributed by atoms with E-state index in [0.29, 0.717) is 17.1 Å². The second-order valence-corrected chi connectivity index (χ2v) is 3.48. The summed E-state index contributed by atoms with van der Waals surface area (Å²) in [5.41, 5.74) is 1.15. The molecule has 0 radical (unpaired) electrons. The third kappa shape index (κ3) is 2.17. The molecule has 16 heavy (non-hydrogen) atoms. The topological polar surface area (TPSA) is 83.6 Å². The first-order valence-electron chi connectivity index (χ1n) is 4.45. The summed E-state index contributed by atoms with van der Waals surface area (Å²) in [6, 6.07) is 0. The maximum Gasteiger partial charge on any atom is 0.260 e. The first-order chi connectivity index (χ1) is 7.66. The van der Waals surface area contributed by atoms with Gasteiger partial charge >= 0.3 is 0 Å². The molecule has 2 N–H and O–H groups in total. The lowest BCUT2D eigenvalue weighted by atomic mass is 10.2. The molecule has 0 saturated heterocycles. The molecule has 0 spiro atoms. The lowest BCUT2D eigenvalue weighted by Crippen LogP contribution is -2.13. The fraction of sp³-hybridized carbons (Fsp3) is 0.111. The molecule has 1 amide bonds. The van der Waals surface area contributed by atoms with Gasteiger partial charge in [-0.1, -0.05) is 11.6 Å². The Labute approximate surface area is 96.1 Å². The zero-order valence-electron chi connectivity index (χ0n) is 8.36. The summed E-state index contributed by atoms with van der Waals surface area (Å²) in [6.07, 6.45) is 4.25.